The Morgan fingerprint density at radius 1 is 0.973 bits per heavy atom. The number of hydrogen-bond acceptors (Lipinski definition) is 9. The SMILES string of the molecule is O=C(C(Cc1ccc(O)c([N+](=O)[O-])c1)N1C(=O)c2ccccc2C1=O)N1CCN(c2ncccn2)CC1. The highest BCUT2D eigenvalue weighted by Gasteiger charge is 2.44. The number of benzene rings is 2. The monoisotopic (exact) mass is 502 g/mol. The van der Waals surface area contributed by atoms with Crippen LogP contribution >= 0.6 is 0 Å². The number of fused-ring (bicyclic) bond motifs is 1. The zero-order valence-electron chi connectivity index (χ0n) is 19.6. The maximum atomic E-state index is 13.8. The average Bonchev–Trinajstić information content (AvgIpc) is 3.18. The molecular weight excluding hydrogens is 480 g/mol. The third-order valence-electron chi connectivity index (χ3n) is 6.51. The summed E-state index contributed by atoms with van der Waals surface area (Å²) in [6.07, 6.45) is 3.12. The molecule has 1 N–H and O–H groups in total. The molecule has 1 atom stereocenters. The van der Waals surface area contributed by atoms with E-state index in [2.05, 4.69) is 9.97 Å². The molecule has 3 heterocycles. The Balaban J connectivity index is 1.43. The number of imide groups is 1. The molecule has 2 aliphatic rings. The first-order valence-electron chi connectivity index (χ1n) is 11.6. The van der Waals surface area contributed by atoms with Crippen LogP contribution in [0.25, 0.3) is 0 Å². The molecular formula is C25H22N6O6. The molecule has 3 amide bonds. The number of phenols is 1. The molecule has 1 saturated heterocycles. The van der Waals surface area contributed by atoms with Crippen LogP contribution in [-0.2, 0) is 11.2 Å². The van der Waals surface area contributed by atoms with Gasteiger partial charge < -0.3 is 14.9 Å². The number of nitro groups is 1. The molecule has 1 aromatic heterocycles. The van der Waals surface area contributed by atoms with E-state index in [0.29, 0.717) is 37.7 Å². The van der Waals surface area contributed by atoms with Gasteiger partial charge in [-0.15, -0.1) is 0 Å². The lowest BCUT2D eigenvalue weighted by Crippen LogP contribution is -2.57. The van der Waals surface area contributed by atoms with Gasteiger partial charge in [-0.25, -0.2) is 9.97 Å². The fourth-order valence-corrected chi connectivity index (χ4v) is 4.64. The van der Waals surface area contributed by atoms with Crippen LogP contribution in [0.5, 0.6) is 5.75 Å². The van der Waals surface area contributed by atoms with E-state index in [4.69, 9.17) is 0 Å². The van der Waals surface area contributed by atoms with Crippen LogP contribution in [0.3, 0.4) is 0 Å². The fraction of sp³-hybridized carbons (Fsp3) is 0.240. The van der Waals surface area contributed by atoms with Crippen molar-refractivity contribution in [3.05, 3.63) is 87.7 Å². The average molecular weight is 502 g/mol. The van der Waals surface area contributed by atoms with Gasteiger partial charge in [0.2, 0.25) is 11.9 Å². The number of nitro benzene ring substituents is 1. The third-order valence-corrected chi connectivity index (χ3v) is 6.51. The van der Waals surface area contributed by atoms with E-state index in [9.17, 15) is 29.6 Å². The number of rotatable bonds is 6. The summed E-state index contributed by atoms with van der Waals surface area (Å²) in [6, 6.07) is 10.6. The van der Waals surface area contributed by atoms with Crippen molar-refractivity contribution in [3.63, 3.8) is 0 Å². The molecule has 1 fully saturated rings. The van der Waals surface area contributed by atoms with Gasteiger partial charge in [-0.2, -0.15) is 0 Å². The second-order valence-electron chi connectivity index (χ2n) is 8.69. The highest BCUT2D eigenvalue weighted by Crippen LogP contribution is 2.30. The van der Waals surface area contributed by atoms with Crippen LogP contribution in [0.2, 0.25) is 0 Å². The predicted molar refractivity (Wildman–Crippen MR) is 130 cm³/mol. The van der Waals surface area contributed by atoms with Crippen LogP contribution in [0, 0.1) is 10.1 Å². The topological polar surface area (TPSA) is 150 Å². The highest BCUT2D eigenvalue weighted by atomic mass is 16.6. The van der Waals surface area contributed by atoms with E-state index in [1.165, 1.54) is 18.2 Å². The predicted octanol–water partition coefficient (Wildman–Crippen LogP) is 1.65. The van der Waals surface area contributed by atoms with Gasteiger partial charge in [0.1, 0.15) is 6.04 Å². The summed E-state index contributed by atoms with van der Waals surface area (Å²) in [5.74, 6) is -1.61. The van der Waals surface area contributed by atoms with Crippen molar-refractivity contribution < 1.29 is 24.4 Å². The van der Waals surface area contributed by atoms with E-state index in [1.807, 2.05) is 4.90 Å². The van der Waals surface area contributed by atoms with Gasteiger partial charge >= 0.3 is 5.69 Å². The standard InChI is InChI=1S/C25H22N6O6/c32-21-7-6-16(14-19(21)31(36)37)15-20(30-22(33)17-4-1-2-5-18(17)23(30)34)24(35)28-10-12-29(13-11-28)25-26-8-3-9-27-25/h1-9,14,20,32H,10-13,15H2. The lowest BCUT2D eigenvalue weighted by Gasteiger charge is -2.37. The van der Waals surface area contributed by atoms with Crippen LogP contribution < -0.4 is 4.90 Å². The number of carbonyl (C=O) groups is 3. The lowest BCUT2D eigenvalue weighted by atomic mass is 10.0. The zero-order valence-corrected chi connectivity index (χ0v) is 19.6. The molecule has 1 unspecified atom stereocenters. The molecule has 0 bridgehead atoms. The number of piperazine rings is 1. The zero-order chi connectivity index (χ0) is 26.1. The summed E-state index contributed by atoms with van der Waals surface area (Å²) >= 11 is 0. The Kier molecular flexibility index (Phi) is 6.22. The molecule has 188 valence electrons. The smallest absolute Gasteiger partial charge is 0.310 e. The number of amides is 3. The summed E-state index contributed by atoms with van der Waals surface area (Å²) in [4.78, 5) is 63.8. The summed E-state index contributed by atoms with van der Waals surface area (Å²) in [5.41, 5.74) is 0.208. The Hall–Kier alpha value is -4.87. The van der Waals surface area contributed by atoms with Crippen molar-refractivity contribution in [2.75, 3.05) is 31.1 Å². The molecule has 2 aliphatic heterocycles. The Morgan fingerprint density at radius 2 is 1.59 bits per heavy atom. The maximum Gasteiger partial charge on any atom is 0.310 e. The first kappa shape index (κ1) is 23.9. The Bertz CT molecular complexity index is 1350. The molecule has 0 radical (unpaired) electrons. The van der Waals surface area contributed by atoms with Crippen molar-refractivity contribution in [1.29, 1.82) is 0 Å². The normalized spacial score (nSPS) is 16.1. The quantitative estimate of drug-likeness (QED) is 0.301. The van der Waals surface area contributed by atoms with Gasteiger partial charge in [0.25, 0.3) is 11.8 Å². The van der Waals surface area contributed by atoms with E-state index in [0.717, 1.165) is 17.0 Å². The van der Waals surface area contributed by atoms with Crippen molar-refractivity contribution in [1.82, 2.24) is 19.8 Å². The van der Waals surface area contributed by atoms with E-state index in [1.54, 1.807) is 35.5 Å². The largest absolute Gasteiger partial charge is 0.502 e. The molecule has 12 nitrogen and oxygen atoms in total. The van der Waals surface area contributed by atoms with Crippen molar-refractivity contribution in [2.45, 2.75) is 12.5 Å². The number of carbonyl (C=O) groups excluding carboxylic acids is 3. The first-order chi connectivity index (χ1) is 17.8. The minimum absolute atomic E-state index is 0.145. The minimum atomic E-state index is -1.23. The van der Waals surface area contributed by atoms with E-state index < -0.39 is 40.1 Å². The summed E-state index contributed by atoms with van der Waals surface area (Å²) in [6.45, 7) is 1.53. The second-order valence-corrected chi connectivity index (χ2v) is 8.69. The third kappa shape index (κ3) is 4.44. The number of nitrogens with zero attached hydrogens (tertiary/aromatic N) is 6. The van der Waals surface area contributed by atoms with Gasteiger partial charge in [0.15, 0.2) is 5.75 Å². The first-order valence-corrected chi connectivity index (χ1v) is 11.6. The molecule has 0 spiro atoms. The highest BCUT2D eigenvalue weighted by molar-refractivity contribution is 6.22. The van der Waals surface area contributed by atoms with Crippen molar-refractivity contribution in [3.8, 4) is 5.75 Å². The van der Waals surface area contributed by atoms with Gasteiger partial charge in [0.05, 0.1) is 16.1 Å². The van der Waals surface area contributed by atoms with Crippen molar-refractivity contribution in [2.24, 2.45) is 0 Å². The molecule has 0 aliphatic carbocycles. The molecule has 3 aromatic rings. The van der Waals surface area contributed by atoms with Crippen LogP contribution in [-0.4, -0.2) is 79.7 Å². The number of aromatic hydroxyl groups is 1. The molecule has 37 heavy (non-hydrogen) atoms. The molecule has 2 aromatic carbocycles. The number of anilines is 1. The van der Waals surface area contributed by atoms with Crippen LogP contribution in [0.1, 0.15) is 26.3 Å². The van der Waals surface area contributed by atoms with Crippen molar-refractivity contribution >= 4 is 29.4 Å². The number of phenolic OH excluding ortho intramolecular Hbond substituents is 1. The van der Waals surface area contributed by atoms with Gasteiger partial charge in [-0.05, 0) is 29.8 Å². The summed E-state index contributed by atoms with van der Waals surface area (Å²) in [7, 11) is 0. The Labute approximate surface area is 210 Å². The maximum absolute atomic E-state index is 13.8. The van der Waals surface area contributed by atoms with Gasteiger partial charge in [0, 0.05) is 51.1 Å². The van der Waals surface area contributed by atoms with Crippen LogP contribution in [0.15, 0.2) is 60.9 Å². The van der Waals surface area contributed by atoms with E-state index in [-0.39, 0.29) is 17.5 Å². The van der Waals surface area contributed by atoms with Gasteiger partial charge in [-0.3, -0.25) is 29.4 Å². The lowest BCUT2D eigenvalue weighted by molar-refractivity contribution is -0.385. The van der Waals surface area contributed by atoms with E-state index >= 15 is 0 Å². The van der Waals surface area contributed by atoms with Crippen LogP contribution in [0.4, 0.5) is 11.6 Å². The second kappa shape index (κ2) is 9.64. The minimum Gasteiger partial charge on any atom is -0.502 e. The van der Waals surface area contributed by atoms with Gasteiger partial charge in [-0.1, -0.05) is 18.2 Å². The number of aromatic nitrogens is 2. The summed E-state index contributed by atoms with van der Waals surface area (Å²) < 4.78 is 0. The Morgan fingerprint density at radius 3 is 2.19 bits per heavy atom. The summed E-state index contributed by atoms with van der Waals surface area (Å²) in [5, 5.41) is 21.2. The molecule has 0 saturated carbocycles. The molecule has 12 heteroatoms. The number of hydrogen-bond donors (Lipinski definition) is 1. The molecule has 5 rings (SSSR count). The fourth-order valence-electron chi connectivity index (χ4n) is 4.64.